The van der Waals surface area contributed by atoms with E-state index in [1.165, 1.54) is 10.8 Å². The van der Waals surface area contributed by atoms with E-state index in [-0.39, 0.29) is 12.1 Å². The van der Waals surface area contributed by atoms with Gasteiger partial charge in [0.25, 0.3) is 5.56 Å². The summed E-state index contributed by atoms with van der Waals surface area (Å²) >= 11 is 0. The van der Waals surface area contributed by atoms with E-state index in [9.17, 15) is 9.59 Å². The van der Waals surface area contributed by atoms with Crippen LogP contribution in [0.2, 0.25) is 0 Å². The summed E-state index contributed by atoms with van der Waals surface area (Å²) in [6.07, 6.45) is 1.54. The molecule has 16 heavy (non-hydrogen) atoms. The Balaban J connectivity index is 2.81. The van der Waals surface area contributed by atoms with Crippen molar-refractivity contribution in [1.29, 1.82) is 0 Å². The molecule has 0 spiro atoms. The molecular formula is C11H10N2O3. The topological polar surface area (TPSA) is 72.2 Å². The van der Waals surface area contributed by atoms with Gasteiger partial charge in [-0.1, -0.05) is 0 Å². The minimum absolute atomic E-state index is 0.311. The molecule has 0 unspecified atom stereocenters. The number of aryl methyl sites for hydroxylation is 1. The summed E-state index contributed by atoms with van der Waals surface area (Å²) in [7, 11) is 0. The van der Waals surface area contributed by atoms with Gasteiger partial charge < -0.3 is 5.11 Å². The molecule has 0 aromatic carbocycles. The Morgan fingerprint density at radius 3 is 3.00 bits per heavy atom. The van der Waals surface area contributed by atoms with Gasteiger partial charge in [-0.25, -0.2) is 4.98 Å². The van der Waals surface area contributed by atoms with Gasteiger partial charge in [0.15, 0.2) is 0 Å². The fourth-order valence-corrected chi connectivity index (χ4v) is 1.63. The highest BCUT2D eigenvalue weighted by molar-refractivity contribution is 5.77. The third kappa shape index (κ3) is 1.67. The molecule has 2 aromatic rings. The Bertz CT molecular complexity index is 616. The van der Waals surface area contributed by atoms with Crippen LogP contribution < -0.4 is 5.56 Å². The normalized spacial score (nSPS) is 10.6. The molecule has 0 atom stereocenters. The number of hydrogen-bond acceptors (Lipinski definition) is 3. The van der Waals surface area contributed by atoms with Crippen LogP contribution in [0.5, 0.6) is 0 Å². The van der Waals surface area contributed by atoms with Gasteiger partial charge in [0.1, 0.15) is 12.2 Å². The number of nitrogens with zero attached hydrogens (tertiary/aromatic N) is 2. The zero-order valence-corrected chi connectivity index (χ0v) is 8.67. The van der Waals surface area contributed by atoms with Crippen molar-refractivity contribution in [2.24, 2.45) is 0 Å². The molecule has 0 radical (unpaired) electrons. The molecule has 0 fully saturated rings. The van der Waals surface area contributed by atoms with Gasteiger partial charge in [0.2, 0.25) is 0 Å². The lowest BCUT2D eigenvalue weighted by atomic mass is 10.2. The first-order valence-corrected chi connectivity index (χ1v) is 4.76. The average Bonchev–Trinajstić information content (AvgIpc) is 2.24. The fraction of sp³-hybridized carbons (Fsp3) is 0.182. The minimum atomic E-state index is -1.06. The maximum atomic E-state index is 11.8. The van der Waals surface area contributed by atoms with Crippen LogP contribution in [0.25, 0.3) is 11.0 Å². The smallest absolute Gasteiger partial charge is 0.323 e. The van der Waals surface area contributed by atoms with Crippen LogP contribution >= 0.6 is 0 Å². The summed E-state index contributed by atoms with van der Waals surface area (Å²) in [5.74, 6) is -1.06. The first-order valence-electron chi connectivity index (χ1n) is 4.76. The van der Waals surface area contributed by atoms with Gasteiger partial charge in [-0.3, -0.25) is 14.2 Å². The SMILES string of the molecule is Cc1cc2cccnc2n(CC(=O)O)c1=O. The molecule has 5 heteroatoms. The molecule has 0 bridgehead atoms. The predicted octanol–water partition coefficient (Wildman–Crippen LogP) is 0.790. The van der Waals surface area contributed by atoms with E-state index >= 15 is 0 Å². The van der Waals surface area contributed by atoms with Crippen molar-refractivity contribution in [3.63, 3.8) is 0 Å². The number of rotatable bonds is 2. The Morgan fingerprint density at radius 1 is 1.56 bits per heavy atom. The second-order valence-electron chi connectivity index (χ2n) is 3.53. The van der Waals surface area contributed by atoms with E-state index in [4.69, 9.17) is 5.11 Å². The monoisotopic (exact) mass is 218 g/mol. The van der Waals surface area contributed by atoms with Gasteiger partial charge >= 0.3 is 5.97 Å². The molecule has 1 N–H and O–H groups in total. The van der Waals surface area contributed by atoms with E-state index in [1.807, 2.05) is 0 Å². The molecule has 0 saturated heterocycles. The van der Waals surface area contributed by atoms with Crippen LogP contribution in [0, 0.1) is 6.92 Å². The lowest BCUT2D eigenvalue weighted by Crippen LogP contribution is -2.26. The lowest BCUT2D eigenvalue weighted by Gasteiger charge is -2.07. The number of aromatic nitrogens is 2. The highest BCUT2D eigenvalue weighted by atomic mass is 16.4. The zero-order valence-electron chi connectivity index (χ0n) is 8.67. The number of pyridine rings is 2. The third-order valence-corrected chi connectivity index (χ3v) is 2.32. The first kappa shape index (κ1) is 10.4. The number of fused-ring (bicyclic) bond motifs is 1. The van der Waals surface area contributed by atoms with Crippen molar-refractivity contribution in [3.05, 3.63) is 40.3 Å². The number of aliphatic carboxylic acids is 1. The van der Waals surface area contributed by atoms with Crippen molar-refractivity contribution in [3.8, 4) is 0 Å². The van der Waals surface area contributed by atoms with E-state index in [0.29, 0.717) is 11.2 Å². The number of hydrogen-bond donors (Lipinski definition) is 1. The van der Waals surface area contributed by atoms with Crippen molar-refractivity contribution in [1.82, 2.24) is 9.55 Å². The molecular weight excluding hydrogens is 208 g/mol. The first-order chi connectivity index (χ1) is 7.59. The van der Waals surface area contributed by atoms with Gasteiger partial charge in [-0.05, 0) is 25.1 Å². The van der Waals surface area contributed by atoms with Crippen LogP contribution in [0.1, 0.15) is 5.56 Å². The van der Waals surface area contributed by atoms with Gasteiger partial charge in [0.05, 0.1) is 0 Å². The zero-order chi connectivity index (χ0) is 11.7. The number of carboxylic acids is 1. The summed E-state index contributed by atoms with van der Waals surface area (Å²) in [6.45, 7) is 1.29. The predicted molar refractivity (Wildman–Crippen MR) is 58.4 cm³/mol. The largest absolute Gasteiger partial charge is 0.480 e. The molecule has 0 aliphatic rings. The van der Waals surface area contributed by atoms with Gasteiger partial charge in [0, 0.05) is 17.1 Å². The van der Waals surface area contributed by atoms with Crippen LogP contribution in [-0.4, -0.2) is 20.6 Å². The molecule has 82 valence electrons. The maximum absolute atomic E-state index is 11.8. The summed E-state index contributed by atoms with van der Waals surface area (Å²) in [5, 5.41) is 9.52. The highest BCUT2D eigenvalue weighted by Crippen LogP contribution is 2.09. The Morgan fingerprint density at radius 2 is 2.31 bits per heavy atom. The molecule has 2 aromatic heterocycles. The van der Waals surface area contributed by atoms with E-state index in [2.05, 4.69) is 4.98 Å². The standard InChI is InChI=1S/C11H10N2O3/c1-7-5-8-3-2-4-12-10(8)13(11(7)16)6-9(14)15/h2-5H,6H2,1H3,(H,14,15). The van der Waals surface area contributed by atoms with Crippen molar-refractivity contribution in [2.75, 3.05) is 0 Å². The second-order valence-corrected chi connectivity index (χ2v) is 3.53. The van der Waals surface area contributed by atoms with Crippen LogP contribution in [0.15, 0.2) is 29.2 Å². The third-order valence-electron chi connectivity index (χ3n) is 2.32. The van der Waals surface area contributed by atoms with Crippen molar-refractivity contribution < 1.29 is 9.90 Å². The lowest BCUT2D eigenvalue weighted by molar-refractivity contribution is -0.137. The maximum Gasteiger partial charge on any atom is 0.323 e. The van der Waals surface area contributed by atoms with E-state index in [1.54, 1.807) is 25.1 Å². The molecule has 2 rings (SSSR count). The minimum Gasteiger partial charge on any atom is -0.480 e. The van der Waals surface area contributed by atoms with Crippen molar-refractivity contribution >= 4 is 17.0 Å². The number of carbonyl (C=O) groups is 1. The van der Waals surface area contributed by atoms with Gasteiger partial charge in [-0.2, -0.15) is 0 Å². The number of carboxylic acid groups (broad SMARTS) is 1. The second kappa shape index (κ2) is 3.77. The van der Waals surface area contributed by atoms with E-state index < -0.39 is 5.97 Å². The van der Waals surface area contributed by atoms with Crippen molar-refractivity contribution in [2.45, 2.75) is 13.5 Å². The summed E-state index contributed by atoms with van der Waals surface area (Å²) in [5.41, 5.74) is 0.607. The molecule has 0 aliphatic heterocycles. The molecule has 0 saturated carbocycles. The fourth-order valence-electron chi connectivity index (χ4n) is 1.63. The Labute approximate surface area is 91.0 Å². The van der Waals surface area contributed by atoms with Gasteiger partial charge in [-0.15, -0.1) is 0 Å². The Kier molecular flexibility index (Phi) is 2.44. The molecule has 0 amide bonds. The summed E-state index contributed by atoms with van der Waals surface area (Å²) in [6, 6.07) is 5.26. The molecule has 0 aliphatic carbocycles. The summed E-state index contributed by atoms with van der Waals surface area (Å²) < 4.78 is 1.17. The summed E-state index contributed by atoms with van der Waals surface area (Å²) in [4.78, 5) is 26.5. The highest BCUT2D eigenvalue weighted by Gasteiger charge is 2.09. The Hall–Kier alpha value is -2.17. The van der Waals surface area contributed by atoms with E-state index in [0.717, 1.165) is 5.39 Å². The molecule has 2 heterocycles. The average molecular weight is 218 g/mol. The van der Waals surface area contributed by atoms with Crippen LogP contribution in [0.3, 0.4) is 0 Å². The molecule has 5 nitrogen and oxygen atoms in total. The van der Waals surface area contributed by atoms with Crippen LogP contribution in [0.4, 0.5) is 0 Å². The quantitative estimate of drug-likeness (QED) is 0.808. The van der Waals surface area contributed by atoms with Crippen LogP contribution in [-0.2, 0) is 11.3 Å².